The van der Waals surface area contributed by atoms with Crippen LogP contribution in [-0.2, 0) is 9.53 Å². The Kier molecular flexibility index (Phi) is 4.02. The zero-order valence-corrected chi connectivity index (χ0v) is 13.1. The maximum Gasteiger partial charge on any atom is 0.337 e. The van der Waals surface area contributed by atoms with Crippen molar-refractivity contribution in [2.75, 3.05) is 12.7 Å². The normalized spacial score (nSPS) is 29.6. The van der Waals surface area contributed by atoms with Gasteiger partial charge in [0.25, 0.3) is 5.90 Å². The van der Waals surface area contributed by atoms with E-state index in [9.17, 15) is 9.90 Å². The average Bonchev–Trinajstić information content (AvgIpc) is 2.47. The Morgan fingerprint density at radius 1 is 1.52 bits per heavy atom. The summed E-state index contributed by atoms with van der Waals surface area (Å²) in [6.45, 7) is 0.0161. The summed E-state index contributed by atoms with van der Waals surface area (Å²) in [6, 6.07) is 7.32. The van der Waals surface area contributed by atoms with Crippen LogP contribution in [0.1, 0.15) is 12.8 Å². The van der Waals surface area contributed by atoms with Crippen molar-refractivity contribution in [2.45, 2.75) is 25.0 Å². The van der Waals surface area contributed by atoms with Crippen LogP contribution in [0.2, 0.25) is 5.02 Å². The molecule has 0 saturated carbocycles. The Labute approximate surface area is 128 Å². The molecule has 21 heavy (non-hydrogen) atoms. The van der Waals surface area contributed by atoms with E-state index in [1.165, 1.54) is 0 Å². The number of ether oxygens (including phenoxy) is 1. The van der Waals surface area contributed by atoms with Gasteiger partial charge in [-0.1, -0.05) is 28.5 Å². The lowest BCUT2D eigenvalue weighted by Gasteiger charge is -2.34. The van der Waals surface area contributed by atoms with Crippen LogP contribution in [0, 0.1) is 0 Å². The topological polar surface area (TPSA) is 84.9 Å². The number of fused-ring (bicyclic) bond motifs is 2. The van der Waals surface area contributed by atoms with E-state index in [1.54, 1.807) is 6.07 Å². The van der Waals surface area contributed by atoms with E-state index >= 15 is 0 Å². The zero-order chi connectivity index (χ0) is 15.0. The number of nitrogens with two attached hydrogens (primary N) is 1. The quantitative estimate of drug-likeness (QED) is 0.820. The van der Waals surface area contributed by atoms with Gasteiger partial charge in [-0.3, -0.25) is 0 Å². The van der Waals surface area contributed by atoms with Gasteiger partial charge in [-0.15, -0.1) is 0 Å². The predicted octanol–water partition coefficient (Wildman–Crippen LogP) is 1.34. The van der Waals surface area contributed by atoms with Gasteiger partial charge in [-0.25, -0.2) is 4.79 Å². The van der Waals surface area contributed by atoms with Crippen LogP contribution in [0.5, 0.6) is 0 Å². The molecule has 3 rings (SSSR count). The molecular weight excluding hydrogens is 311 g/mol. The highest BCUT2D eigenvalue weighted by atomic mass is 35.5. The first kappa shape index (κ1) is 14.9. The van der Waals surface area contributed by atoms with Gasteiger partial charge in [0.15, 0.2) is 6.10 Å². The average molecular weight is 328 g/mol. The van der Waals surface area contributed by atoms with Crippen LogP contribution in [0.25, 0.3) is 0 Å². The fourth-order valence-electron chi connectivity index (χ4n) is 2.81. The van der Waals surface area contributed by atoms with Gasteiger partial charge in [0, 0.05) is 6.54 Å². The summed E-state index contributed by atoms with van der Waals surface area (Å²) in [6.07, 6.45) is 0.695. The van der Waals surface area contributed by atoms with Crippen LogP contribution in [0.15, 0.2) is 29.0 Å². The Bertz CT molecular complexity index is 610. The molecule has 1 aromatic carbocycles. The van der Waals surface area contributed by atoms with E-state index in [2.05, 4.69) is 4.76 Å². The van der Waals surface area contributed by atoms with E-state index in [4.69, 9.17) is 22.1 Å². The van der Waals surface area contributed by atoms with Gasteiger partial charge in [-0.05, 0) is 25.0 Å². The molecule has 5 nitrogen and oxygen atoms in total. The summed E-state index contributed by atoms with van der Waals surface area (Å²) in [5.41, 5.74) is 5.51. The fourth-order valence-corrected chi connectivity index (χ4v) is 6.95. The molecule has 1 aromatic rings. The lowest BCUT2D eigenvalue weighted by molar-refractivity contribution is -0.119. The molecule has 112 valence electrons. The van der Waals surface area contributed by atoms with E-state index in [-0.39, 0.29) is 18.0 Å². The summed E-state index contributed by atoms with van der Waals surface area (Å²) in [4.78, 5) is 12.8. The first-order valence-electron chi connectivity index (χ1n) is 6.91. The van der Waals surface area contributed by atoms with Crippen LogP contribution in [0.4, 0.5) is 0 Å². The largest absolute Gasteiger partial charge is 0.461 e. The van der Waals surface area contributed by atoms with Gasteiger partial charge >= 0.3 is 5.52 Å². The third-order valence-electron chi connectivity index (χ3n) is 3.88. The molecule has 2 aliphatic heterocycles. The number of rotatable bonds is 3. The summed E-state index contributed by atoms with van der Waals surface area (Å²) >= 11 is 6.30. The second-order valence-corrected chi connectivity index (χ2v) is 8.74. The number of hydrogen-bond acceptors (Lipinski definition) is 5. The molecule has 0 aromatic heterocycles. The summed E-state index contributed by atoms with van der Waals surface area (Å²) in [5.74, 6) is 0.190. The Balaban J connectivity index is 2.16. The number of hydrogen-bond donors (Lipinski definition) is 2. The monoisotopic (exact) mass is 327 g/mol. The van der Waals surface area contributed by atoms with Gasteiger partial charge in [0.1, 0.15) is 11.4 Å². The number of carbonyl (C=O) groups excluding carboxylic acids is 1. The zero-order valence-electron chi connectivity index (χ0n) is 11.4. The molecule has 1 saturated heterocycles. The number of halogens is 1. The van der Waals surface area contributed by atoms with Crippen molar-refractivity contribution >= 4 is 35.7 Å². The van der Waals surface area contributed by atoms with Crippen LogP contribution >= 0.6 is 19.0 Å². The molecule has 0 amide bonds. The summed E-state index contributed by atoms with van der Waals surface area (Å²) in [7, 11) is -2.47. The van der Waals surface area contributed by atoms with Gasteiger partial charge < -0.3 is 15.6 Å². The molecule has 0 radical (unpaired) electrons. The molecule has 3 unspecified atom stereocenters. The van der Waals surface area contributed by atoms with E-state index in [1.807, 2.05) is 18.2 Å². The molecule has 1 fully saturated rings. The SMILES string of the molecule is NCC(O)C1=N[P+]2(c3ccccc3Cl)CCCC(O1)C2=O. The molecule has 7 heteroatoms. The molecule has 2 bridgehead atoms. The lowest BCUT2D eigenvalue weighted by atomic mass is 10.2. The second kappa shape index (κ2) is 5.65. The van der Waals surface area contributed by atoms with Crippen molar-refractivity contribution in [1.82, 2.24) is 0 Å². The molecule has 3 N–H and O–H groups in total. The second-order valence-electron chi connectivity index (χ2n) is 5.22. The maximum absolute atomic E-state index is 12.8. The number of nitrogens with zero attached hydrogens (tertiary/aromatic N) is 1. The highest BCUT2D eigenvalue weighted by Gasteiger charge is 2.60. The minimum atomic E-state index is -2.47. The van der Waals surface area contributed by atoms with Gasteiger partial charge in [0.05, 0.1) is 11.2 Å². The van der Waals surface area contributed by atoms with E-state index < -0.39 is 19.6 Å². The number of benzene rings is 1. The standard InChI is InChI=1S/C14H17ClN2O3P/c15-9-4-1-2-6-12(9)21-7-3-5-11(14(21)19)20-13(17-21)10(18)8-16/h1-2,4,6,10-11,18H,3,5,7-8,16H2/q+1. The minimum absolute atomic E-state index is 0.0161. The van der Waals surface area contributed by atoms with Crippen molar-refractivity contribution in [3.63, 3.8) is 0 Å². The smallest absolute Gasteiger partial charge is 0.337 e. The maximum atomic E-state index is 12.8. The number of aliphatic hydroxyl groups is 1. The summed E-state index contributed by atoms with van der Waals surface area (Å²) < 4.78 is 10.1. The Morgan fingerprint density at radius 3 is 3.00 bits per heavy atom. The Hall–Kier alpha value is -1.00. The molecule has 0 aliphatic carbocycles. The molecule has 0 spiro atoms. The van der Waals surface area contributed by atoms with Gasteiger partial charge in [-0.2, -0.15) is 0 Å². The minimum Gasteiger partial charge on any atom is -0.461 e. The van der Waals surface area contributed by atoms with Gasteiger partial charge in [0.2, 0.25) is 7.41 Å². The fraction of sp³-hybridized carbons (Fsp3) is 0.429. The van der Waals surface area contributed by atoms with Crippen LogP contribution in [0.3, 0.4) is 0 Å². The summed E-state index contributed by atoms with van der Waals surface area (Å²) in [5, 5.41) is 11.3. The number of carbonyl (C=O) groups is 1. The highest BCUT2D eigenvalue weighted by molar-refractivity contribution is 7.96. The molecule has 3 atom stereocenters. The van der Waals surface area contributed by atoms with Crippen LogP contribution in [-0.4, -0.2) is 41.4 Å². The van der Waals surface area contributed by atoms with Crippen LogP contribution < -0.4 is 11.0 Å². The van der Waals surface area contributed by atoms with Crippen molar-refractivity contribution in [3.05, 3.63) is 29.3 Å². The third-order valence-corrected chi connectivity index (χ3v) is 8.05. The van der Waals surface area contributed by atoms with Crippen molar-refractivity contribution in [2.24, 2.45) is 10.5 Å². The Morgan fingerprint density at radius 2 is 2.29 bits per heavy atom. The molecular formula is C14H17ClN2O3P+. The van der Waals surface area contributed by atoms with Crippen molar-refractivity contribution in [1.29, 1.82) is 0 Å². The highest BCUT2D eigenvalue weighted by Crippen LogP contribution is 2.66. The van der Waals surface area contributed by atoms with E-state index in [0.717, 1.165) is 11.7 Å². The van der Waals surface area contributed by atoms with E-state index in [0.29, 0.717) is 17.6 Å². The van der Waals surface area contributed by atoms with Crippen molar-refractivity contribution in [3.8, 4) is 0 Å². The molecule has 2 aliphatic rings. The first-order chi connectivity index (χ1) is 10.1. The number of aliphatic hydroxyl groups excluding tert-OH is 1. The first-order valence-corrected chi connectivity index (χ1v) is 9.21. The molecule has 2 heterocycles. The lowest BCUT2D eigenvalue weighted by Crippen LogP contribution is -2.45. The third kappa shape index (κ3) is 2.38. The van der Waals surface area contributed by atoms with Crippen molar-refractivity contribution < 1.29 is 14.6 Å². The predicted molar refractivity (Wildman–Crippen MR) is 84.5 cm³/mol.